The molecule has 0 bridgehead atoms. The highest BCUT2D eigenvalue weighted by Crippen LogP contribution is 2.15. The van der Waals surface area contributed by atoms with Gasteiger partial charge in [0.05, 0.1) is 22.4 Å². The Balaban J connectivity index is 2.07. The quantitative estimate of drug-likeness (QED) is 0.682. The number of nitrogens with one attached hydrogen (secondary N) is 1. The summed E-state index contributed by atoms with van der Waals surface area (Å²) in [5.74, 6) is 0.334. The van der Waals surface area contributed by atoms with E-state index in [1.807, 2.05) is 26.0 Å². The van der Waals surface area contributed by atoms with Gasteiger partial charge in [0.1, 0.15) is 5.76 Å². The largest absolute Gasteiger partial charge is 0.469 e. The molecule has 0 unspecified atom stereocenters. The van der Waals surface area contributed by atoms with Gasteiger partial charge in [0.15, 0.2) is 0 Å². The standard InChI is InChI=1S/C13H14N2O2S/c1-8-4-5-12(18-8)9(2)14-15-13(16)11-6-7-17-10(11)3/h4-7H,1-3H3,(H,15,16). The van der Waals surface area contributed by atoms with Crippen molar-refractivity contribution in [3.63, 3.8) is 0 Å². The smallest absolute Gasteiger partial charge is 0.274 e. The van der Waals surface area contributed by atoms with Crippen LogP contribution in [0.3, 0.4) is 0 Å². The maximum absolute atomic E-state index is 11.8. The minimum atomic E-state index is -0.256. The van der Waals surface area contributed by atoms with Crippen LogP contribution in [0.2, 0.25) is 0 Å². The fourth-order valence-electron chi connectivity index (χ4n) is 1.50. The molecule has 0 saturated carbocycles. The van der Waals surface area contributed by atoms with Crippen LogP contribution in [-0.2, 0) is 0 Å². The predicted octanol–water partition coefficient (Wildman–Crippen LogP) is 3.11. The van der Waals surface area contributed by atoms with Crippen LogP contribution in [0.25, 0.3) is 0 Å². The molecule has 1 N–H and O–H groups in total. The topological polar surface area (TPSA) is 54.6 Å². The maximum Gasteiger partial charge on any atom is 0.274 e. The van der Waals surface area contributed by atoms with Gasteiger partial charge in [-0.15, -0.1) is 11.3 Å². The SMILES string of the molecule is CC(=NNC(=O)c1ccoc1C)c1ccc(C)s1. The van der Waals surface area contributed by atoms with E-state index in [0.717, 1.165) is 10.6 Å². The van der Waals surface area contributed by atoms with E-state index in [0.29, 0.717) is 11.3 Å². The molecule has 2 aromatic rings. The number of nitrogens with zero attached hydrogens (tertiary/aromatic N) is 1. The van der Waals surface area contributed by atoms with Crippen LogP contribution in [0.15, 0.2) is 34.0 Å². The van der Waals surface area contributed by atoms with Crippen LogP contribution in [0.4, 0.5) is 0 Å². The highest BCUT2D eigenvalue weighted by atomic mass is 32.1. The van der Waals surface area contributed by atoms with Crippen LogP contribution in [0, 0.1) is 13.8 Å². The molecule has 2 rings (SSSR count). The Kier molecular flexibility index (Phi) is 3.62. The van der Waals surface area contributed by atoms with Gasteiger partial charge in [-0.3, -0.25) is 4.79 Å². The second kappa shape index (κ2) is 5.18. The Morgan fingerprint density at radius 3 is 2.67 bits per heavy atom. The van der Waals surface area contributed by atoms with Crippen molar-refractivity contribution < 1.29 is 9.21 Å². The van der Waals surface area contributed by atoms with E-state index in [2.05, 4.69) is 10.5 Å². The number of rotatable bonds is 3. The Morgan fingerprint density at radius 1 is 1.33 bits per heavy atom. The van der Waals surface area contributed by atoms with Crippen LogP contribution < -0.4 is 5.43 Å². The summed E-state index contributed by atoms with van der Waals surface area (Å²) in [5, 5.41) is 4.09. The normalized spacial score (nSPS) is 11.6. The molecule has 94 valence electrons. The average Bonchev–Trinajstić information content (AvgIpc) is 2.94. The van der Waals surface area contributed by atoms with E-state index in [4.69, 9.17) is 4.42 Å². The van der Waals surface area contributed by atoms with Gasteiger partial charge >= 0.3 is 0 Å². The molecule has 0 fully saturated rings. The average molecular weight is 262 g/mol. The van der Waals surface area contributed by atoms with E-state index < -0.39 is 0 Å². The molecule has 18 heavy (non-hydrogen) atoms. The first kappa shape index (κ1) is 12.6. The summed E-state index contributed by atoms with van der Waals surface area (Å²) < 4.78 is 5.07. The lowest BCUT2D eigenvalue weighted by atomic mass is 10.2. The van der Waals surface area contributed by atoms with Gasteiger partial charge in [0.25, 0.3) is 5.91 Å². The molecule has 0 atom stereocenters. The molecule has 0 saturated heterocycles. The molecule has 0 aliphatic carbocycles. The van der Waals surface area contributed by atoms with Crippen molar-refractivity contribution in [2.24, 2.45) is 5.10 Å². The molecule has 1 amide bonds. The number of amides is 1. The summed E-state index contributed by atoms with van der Waals surface area (Å²) in [6.07, 6.45) is 1.49. The number of hydrazone groups is 1. The maximum atomic E-state index is 11.8. The fourth-order valence-corrected chi connectivity index (χ4v) is 2.31. The van der Waals surface area contributed by atoms with E-state index in [1.165, 1.54) is 11.1 Å². The number of furan rings is 1. The van der Waals surface area contributed by atoms with Crippen LogP contribution in [0.5, 0.6) is 0 Å². The summed E-state index contributed by atoms with van der Waals surface area (Å²) in [4.78, 5) is 14.1. The monoisotopic (exact) mass is 262 g/mol. The van der Waals surface area contributed by atoms with E-state index in [1.54, 1.807) is 24.3 Å². The molecule has 0 aromatic carbocycles. The van der Waals surface area contributed by atoms with Crippen molar-refractivity contribution in [3.8, 4) is 0 Å². The summed E-state index contributed by atoms with van der Waals surface area (Å²) in [5.41, 5.74) is 3.83. The zero-order valence-electron chi connectivity index (χ0n) is 10.5. The molecule has 4 nitrogen and oxygen atoms in total. The second-order valence-corrected chi connectivity index (χ2v) is 5.23. The number of thiophene rings is 1. The first-order valence-electron chi connectivity index (χ1n) is 5.53. The van der Waals surface area contributed by atoms with Crippen molar-refractivity contribution >= 4 is 23.0 Å². The second-order valence-electron chi connectivity index (χ2n) is 3.94. The van der Waals surface area contributed by atoms with Crippen molar-refractivity contribution in [1.29, 1.82) is 0 Å². The third-order valence-corrected chi connectivity index (χ3v) is 3.64. The zero-order chi connectivity index (χ0) is 13.1. The lowest BCUT2D eigenvalue weighted by Gasteiger charge is -2.00. The minimum absolute atomic E-state index is 0.256. The van der Waals surface area contributed by atoms with E-state index in [9.17, 15) is 4.79 Å². The van der Waals surface area contributed by atoms with Crippen molar-refractivity contribution in [1.82, 2.24) is 5.43 Å². The molecule has 0 radical (unpaired) electrons. The van der Waals surface area contributed by atoms with Gasteiger partial charge in [-0.2, -0.15) is 5.10 Å². The van der Waals surface area contributed by atoms with Crippen molar-refractivity contribution in [3.05, 3.63) is 45.5 Å². The number of carbonyl (C=O) groups is 1. The van der Waals surface area contributed by atoms with Crippen LogP contribution in [-0.4, -0.2) is 11.6 Å². The summed E-state index contributed by atoms with van der Waals surface area (Å²) >= 11 is 1.65. The number of hydrogen-bond acceptors (Lipinski definition) is 4. The van der Waals surface area contributed by atoms with Gasteiger partial charge in [-0.1, -0.05) is 0 Å². The molecule has 0 aliphatic rings. The number of hydrogen-bond donors (Lipinski definition) is 1. The Morgan fingerprint density at radius 2 is 2.11 bits per heavy atom. The Labute approximate surface area is 109 Å². The first-order valence-corrected chi connectivity index (χ1v) is 6.35. The molecular weight excluding hydrogens is 248 g/mol. The molecular formula is C13H14N2O2S. The molecule has 2 aromatic heterocycles. The van der Waals surface area contributed by atoms with Crippen LogP contribution in [0.1, 0.15) is 32.8 Å². The molecule has 2 heterocycles. The van der Waals surface area contributed by atoms with Crippen molar-refractivity contribution in [2.45, 2.75) is 20.8 Å². The van der Waals surface area contributed by atoms with Crippen LogP contribution >= 0.6 is 11.3 Å². The summed E-state index contributed by atoms with van der Waals surface area (Å²) in [6.45, 7) is 5.65. The summed E-state index contributed by atoms with van der Waals surface area (Å²) in [7, 11) is 0. The zero-order valence-corrected chi connectivity index (χ0v) is 11.3. The lowest BCUT2D eigenvalue weighted by molar-refractivity contribution is 0.0953. The first-order chi connectivity index (χ1) is 8.58. The van der Waals surface area contributed by atoms with Gasteiger partial charge in [-0.25, -0.2) is 5.43 Å². The Hall–Kier alpha value is -1.88. The van der Waals surface area contributed by atoms with Gasteiger partial charge in [-0.05, 0) is 39.0 Å². The van der Waals surface area contributed by atoms with Gasteiger partial charge in [0.2, 0.25) is 0 Å². The highest BCUT2D eigenvalue weighted by Gasteiger charge is 2.10. The molecule has 0 aliphatic heterocycles. The summed E-state index contributed by atoms with van der Waals surface area (Å²) in [6, 6.07) is 5.65. The van der Waals surface area contributed by atoms with E-state index >= 15 is 0 Å². The Bertz CT molecular complexity index is 596. The number of carbonyl (C=O) groups excluding carboxylic acids is 1. The predicted molar refractivity (Wildman–Crippen MR) is 72.2 cm³/mol. The third-order valence-electron chi connectivity index (χ3n) is 2.53. The van der Waals surface area contributed by atoms with Gasteiger partial charge < -0.3 is 4.42 Å². The van der Waals surface area contributed by atoms with E-state index in [-0.39, 0.29) is 5.91 Å². The number of aryl methyl sites for hydroxylation is 2. The lowest BCUT2D eigenvalue weighted by Crippen LogP contribution is -2.19. The third kappa shape index (κ3) is 2.68. The molecule has 5 heteroatoms. The van der Waals surface area contributed by atoms with Gasteiger partial charge in [0, 0.05) is 4.88 Å². The van der Waals surface area contributed by atoms with Crippen molar-refractivity contribution in [2.75, 3.05) is 0 Å². The fraction of sp³-hybridized carbons (Fsp3) is 0.231. The highest BCUT2D eigenvalue weighted by molar-refractivity contribution is 7.14. The molecule has 0 spiro atoms. The minimum Gasteiger partial charge on any atom is -0.469 e.